The first-order valence-electron chi connectivity index (χ1n) is 14.8. The average Bonchev–Trinajstić information content (AvgIpc) is 3.59. The van der Waals surface area contributed by atoms with E-state index in [1.807, 2.05) is 17.0 Å². The molecule has 12 heteroatoms. The van der Waals surface area contributed by atoms with Gasteiger partial charge in [-0.15, -0.1) is 0 Å². The minimum absolute atomic E-state index is 0.0369. The van der Waals surface area contributed by atoms with Crippen molar-refractivity contribution in [1.82, 2.24) is 29.7 Å². The van der Waals surface area contributed by atoms with Crippen LogP contribution in [0.4, 0.5) is 16.8 Å². The monoisotopic (exact) mass is 592 g/mol. The van der Waals surface area contributed by atoms with Gasteiger partial charge in [-0.2, -0.15) is 0 Å². The number of ether oxygens (including phenoxy) is 2. The standard InChI is InChI=1S/C30H40N8O3S/c1-20(15-36-9-11-40-12-10-36)29(39)38-8-6-24(19-38)32-26-13-23(18-37-16-21(2)41-22(3)17-37)14-27(34-26)35-30-33-25-5-4-7-31-28(25)42-30/h4-5,7,13-14,21-22,24H,1,6,8-12,15-19H2,2-3H3,(H2,32,33,34,35)/t21-,22+,24-/m0/s1. The fourth-order valence-electron chi connectivity index (χ4n) is 6.01. The van der Waals surface area contributed by atoms with Gasteiger partial charge in [0.15, 0.2) is 5.13 Å². The van der Waals surface area contributed by atoms with E-state index in [4.69, 9.17) is 14.5 Å². The molecule has 3 fully saturated rings. The van der Waals surface area contributed by atoms with Crippen LogP contribution < -0.4 is 10.6 Å². The number of anilines is 3. The Morgan fingerprint density at radius 3 is 2.64 bits per heavy atom. The molecule has 0 spiro atoms. The number of morpholine rings is 2. The summed E-state index contributed by atoms with van der Waals surface area (Å²) in [5.41, 5.74) is 2.66. The third kappa shape index (κ3) is 7.24. The number of hydrogen-bond donors (Lipinski definition) is 2. The molecular formula is C30H40N8O3S. The summed E-state index contributed by atoms with van der Waals surface area (Å²) in [6.07, 6.45) is 3.03. The fraction of sp³-hybridized carbons (Fsp3) is 0.533. The molecule has 3 aromatic rings. The van der Waals surface area contributed by atoms with Crippen LogP contribution in [0.1, 0.15) is 25.8 Å². The van der Waals surface area contributed by atoms with E-state index in [9.17, 15) is 4.79 Å². The number of carbonyl (C=O) groups excluding carboxylic acids is 1. The zero-order valence-corrected chi connectivity index (χ0v) is 25.2. The van der Waals surface area contributed by atoms with E-state index in [1.54, 1.807) is 6.20 Å². The van der Waals surface area contributed by atoms with Gasteiger partial charge < -0.3 is 25.0 Å². The summed E-state index contributed by atoms with van der Waals surface area (Å²) in [6, 6.07) is 8.18. The maximum Gasteiger partial charge on any atom is 0.250 e. The largest absolute Gasteiger partial charge is 0.379 e. The van der Waals surface area contributed by atoms with Gasteiger partial charge >= 0.3 is 0 Å². The summed E-state index contributed by atoms with van der Waals surface area (Å²) in [6.45, 7) is 15.9. The van der Waals surface area contributed by atoms with Crippen LogP contribution in [-0.4, -0.2) is 113 Å². The molecule has 6 heterocycles. The number of carbonyl (C=O) groups is 1. The van der Waals surface area contributed by atoms with Crippen LogP contribution in [-0.2, 0) is 20.8 Å². The predicted octanol–water partition coefficient (Wildman–Crippen LogP) is 3.34. The summed E-state index contributed by atoms with van der Waals surface area (Å²) in [5, 5.41) is 7.79. The lowest BCUT2D eigenvalue weighted by molar-refractivity contribution is -0.126. The molecular weight excluding hydrogens is 552 g/mol. The van der Waals surface area contributed by atoms with Gasteiger partial charge in [0, 0.05) is 70.2 Å². The van der Waals surface area contributed by atoms with Gasteiger partial charge in [-0.05, 0) is 50.1 Å². The first-order valence-corrected chi connectivity index (χ1v) is 15.6. The average molecular weight is 593 g/mol. The Morgan fingerprint density at radius 2 is 1.86 bits per heavy atom. The summed E-state index contributed by atoms with van der Waals surface area (Å²) in [7, 11) is 0. The zero-order valence-electron chi connectivity index (χ0n) is 24.4. The van der Waals surface area contributed by atoms with Crippen LogP contribution in [0.15, 0.2) is 42.6 Å². The maximum absolute atomic E-state index is 13.2. The number of pyridine rings is 2. The lowest BCUT2D eigenvalue weighted by Crippen LogP contribution is -2.44. The number of nitrogens with one attached hydrogen (secondary N) is 2. The Bertz CT molecular complexity index is 1370. The normalized spacial score (nSPS) is 23.8. The highest BCUT2D eigenvalue weighted by Crippen LogP contribution is 2.28. The van der Waals surface area contributed by atoms with Crippen molar-refractivity contribution in [1.29, 1.82) is 0 Å². The predicted molar refractivity (Wildman–Crippen MR) is 165 cm³/mol. The smallest absolute Gasteiger partial charge is 0.250 e. The van der Waals surface area contributed by atoms with Crippen molar-refractivity contribution in [2.75, 3.05) is 69.7 Å². The van der Waals surface area contributed by atoms with E-state index >= 15 is 0 Å². The van der Waals surface area contributed by atoms with E-state index < -0.39 is 0 Å². The number of nitrogens with zero attached hydrogens (tertiary/aromatic N) is 6. The second-order valence-corrected chi connectivity index (χ2v) is 12.5. The van der Waals surface area contributed by atoms with Gasteiger partial charge in [0.2, 0.25) is 0 Å². The van der Waals surface area contributed by atoms with Gasteiger partial charge in [-0.25, -0.2) is 15.0 Å². The molecule has 3 aliphatic heterocycles. The van der Waals surface area contributed by atoms with Crippen LogP contribution >= 0.6 is 11.3 Å². The summed E-state index contributed by atoms with van der Waals surface area (Å²) < 4.78 is 11.4. The SMILES string of the molecule is C=C(CN1CCOCC1)C(=O)N1CC[C@H](Nc2cc(CN3C[C@@H](C)O[C@@H](C)C3)cc(Nc3nc4cccnc4s3)n2)C1. The first-order chi connectivity index (χ1) is 20.4. The minimum atomic E-state index is 0.0369. The lowest BCUT2D eigenvalue weighted by Gasteiger charge is -2.35. The Morgan fingerprint density at radius 1 is 1.07 bits per heavy atom. The van der Waals surface area contributed by atoms with Gasteiger partial charge in [0.1, 0.15) is 22.0 Å². The molecule has 224 valence electrons. The highest BCUT2D eigenvalue weighted by molar-refractivity contribution is 7.21. The van der Waals surface area contributed by atoms with Crippen LogP contribution in [0.5, 0.6) is 0 Å². The van der Waals surface area contributed by atoms with Gasteiger partial charge in [0.05, 0.1) is 25.4 Å². The highest BCUT2D eigenvalue weighted by Gasteiger charge is 2.29. The van der Waals surface area contributed by atoms with Crippen molar-refractivity contribution in [2.24, 2.45) is 0 Å². The van der Waals surface area contributed by atoms with E-state index in [0.29, 0.717) is 38.4 Å². The minimum Gasteiger partial charge on any atom is -0.379 e. The molecule has 3 aromatic heterocycles. The van der Waals surface area contributed by atoms with Crippen LogP contribution in [0.2, 0.25) is 0 Å². The van der Waals surface area contributed by atoms with Crippen molar-refractivity contribution in [3.8, 4) is 0 Å². The zero-order chi connectivity index (χ0) is 29.1. The number of aromatic nitrogens is 3. The van der Waals surface area contributed by atoms with E-state index in [0.717, 1.165) is 71.8 Å². The molecule has 1 amide bonds. The molecule has 3 saturated heterocycles. The fourth-order valence-corrected chi connectivity index (χ4v) is 6.83. The Kier molecular flexibility index (Phi) is 8.96. The molecule has 3 atom stereocenters. The molecule has 0 saturated carbocycles. The Labute approximate surface area is 250 Å². The number of hydrogen-bond acceptors (Lipinski definition) is 11. The van der Waals surface area contributed by atoms with E-state index in [-0.39, 0.29) is 24.2 Å². The number of thiazole rings is 1. The van der Waals surface area contributed by atoms with Gasteiger partial charge in [-0.3, -0.25) is 14.6 Å². The topological polar surface area (TPSA) is 108 Å². The van der Waals surface area contributed by atoms with Crippen molar-refractivity contribution >= 4 is 44.4 Å². The maximum atomic E-state index is 13.2. The highest BCUT2D eigenvalue weighted by atomic mass is 32.1. The number of likely N-dealkylation sites (tertiary alicyclic amines) is 1. The summed E-state index contributed by atoms with van der Waals surface area (Å²) in [5.74, 6) is 1.55. The quantitative estimate of drug-likeness (QED) is 0.359. The molecule has 0 radical (unpaired) electrons. The van der Waals surface area contributed by atoms with Crippen LogP contribution in [0.25, 0.3) is 10.3 Å². The van der Waals surface area contributed by atoms with Crippen molar-refractivity contribution in [2.45, 2.75) is 45.1 Å². The van der Waals surface area contributed by atoms with Gasteiger partial charge in [0.25, 0.3) is 5.91 Å². The molecule has 6 rings (SSSR count). The molecule has 0 aromatic carbocycles. The van der Waals surface area contributed by atoms with Crippen LogP contribution in [0, 0.1) is 0 Å². The second kappa shape index (κ2) is 13.0. The second-order valence-electron chi connectivity index (χ2n) is 11.5. The van der Waals surface area contributed by atoms with Crippen LogP contribution in [0.3, 0.4) is 0 Å². The molecule has 0 aliphatic carbocycles. The Hall–Kier alpha value is -3.16. The first kappa shape index (κ1) is 28.9. The third-order valence-electron chi connectivity index (χ3n) is 7.84. The lowest BCUT2D eigenvalue weighted by atomic mass is 10.1. The molecule has 42 heavy (non-hydrogen) atoms. The molecule has 11 nitrogen and oxygen atoms in total. The molecule has 0 bridgehead atoms. The Balaban J connectivity index is 1.15. The van der Waals surface area contributed by atoms with E-state index in [1.165, 1.54) is 11.3 Å². The number of fused-ring (bicyclic) bond motifs is 1. The van der Waals surface area contributed by atoms with Crippen molar-refractivity contribution in [3.63, 3.8) is 0 Å². The van der Waals surface area contributed by atoms with Crippen molar-refractivity contribution < 1.29 is 14.3 Å². The third-order valence-corrected chi connectivity index (χ3v) is 8.73. The summed E-state index contributed by atoms with van der Waals surface area (Å²) >= 11 is 1.51. The van der Waals surface area contributed by atoms with Crippen molar-refractivity contribution in [3.05, 3.63) is 48.2 Å². The molecule has 0 unspecified atom stereocenters. The van der Waals surface area contributed by atoms with E-state index in [2.05, 4.69) is 63.0 Å². The number of amides is 1. The summed E-state index contributed by atoms with van der Waals surface area (Å²) in [4.78, 5) is 34.6. The number of rotatable bonds is 9. The molecule has 2 N–H and O–H groups in total. The molecule has 3 aliphatic rings. The van der Waals surface area contributed by atoms with Gasteiger partial charge in [-0.1, -0.05) is 17.9 Å².